The Bertz CT molecular complexity index is 724. The van der Waals surface area contributed by atoms with Crippen LogP contribution in [0.2, 0.25) is 0 Å². The first-order chi connectivity index (χ1) is 12.7. The summed E-state index contributed by atoms with van der Waals surface area (Å²) in [4.78, 5) is 2.46. The molecule has 3 rings (SSSR count). The van der Waals surface area contributed by atoms with E-state index in [-0.39, 0.29) is 6.61 Å². The summed E-state index contributed by atoms with van der Waals surface area (Å²) in [6.45, 7) is 2.90. The molecule has 1 aromatic carbocycles. The molecule has 0 amide bonds. The van der Waals surface area contributed by atoms with Gasteiger partial charge < -0.3 is 19.1 Å². The molecule has 1 saturated heterocycles. The minimum absolute atomic E-state index is 0.0652. The Kier molecular flexibility index (Phi) is 6.11. The predicted molar refractivity (Wildman–Crippen MR) is 98.2 cm³/mol. The van der Waals surface area contributed by atoms with Crippen molar-refractivity contribution < 1.29 is 14.6 Å². The number of ether oxygens (including phenoxy) is 2. The Morgan fingerprint density at radius 1 is 1.12 bits per heavy atom. The summed E-state index contributed by atoms with van der Waals surface area (Å²) in [6, 6.07) is 6.04. The molecule has 0 bridgehead atoms. The molecule has 1 N–H and O–H groups in total. The average Bonchev–Trinajstić information content (AvgIpc) is 3.02. The highest BCUT2D eigenvalue weighted by Crippen LogP contribution is 2.32. The van der Waals surface area contributed by atoms with Crippen LogP contribution in [0.5, 0.6) is 11.5 Å². The molecule has 7 nitrogen and oxygen atoms in total. The lowest BCUT2D eigenvalue weighted by molar-refractivity contribution is 0.173. The van der Waals surface area contributed by atoms with Crippen LogP contribution >= 0.6 is 0 Å². The van der Waals surface area contributed by atoms with E-state index in [0.717, 1.165) is 61.8 Å². The Balaban J connectivity index is 1.56. The predicted octanol–water partition coefficient (Wildman–Crippen LogP) is 1.78. The maximum Gasteiger partial charge on any atom is 0.165 e. The van der Waals surface area contributed by atoms with E-state index in [1.165, 1.54) is 0 Å². The molecular weight excluding hydrogens is 332 g/mol. The number of hydrogen-bond acceptors (Lipinski definition) is 6. The fraction of sp³-hybridized carbons (Fsp3) is 0.579. The number of hydrogen-bond donors (Lipinski definition) is 1. The van der Waals surface area contributed by atoms with Crippen molar-refractivity contribution in [3.63, 3.8) is 0 Å². The zero-order valence-corrected chi connectivity index (χ0v) is 15.8. The lowest BCUT2D eigenvalue weighted by Crippen LogP contribution is -2.34. The molecule has 2 heterocycles. The van der Waals surface area contributed by atoms with Gasteiger partial charge in [-0.1, -0.05) is 12.1 Å². The molecule has 0 saturated carbocycles. The number of aromatic nitrogens is 3. The van der Waals surface area contributed by atoms with Crippen LogP contribution in [-0.2, 0) is 26.6 Å². The molecule has 7 heteroatoms. The molecule has 0 unspecified atom stereocenters. The van der Waals surface area contributed by atoms with Crippen molar-refractivity contribution in [2.45, 2.75) is 32.4 Å². The molecular formula is C19H28N4O3. The second-order valence-electron chi connectivity index (χ2n) is 6.83. The number of benzene rings is 1. The van der Waals surface area contributed by atoms with Gasteiger partial charge in [0.05, 0.1) is 14.2 Å². The summed E-state index contributed by atoms with van der Waals surface area (Å²) in [5, 5.41) is 17.5. The molecule has 1 aromatic heterocycles. The van der Waals surface area contributed by atoms with Gasteiger partial charge in [0, 0.05) is 25.6 Å². The van der Waals surface area contributed by atoms with Crippen LogP contribution in [-0.4, -0.2) is 52.1 Å². The summed E-state index contributed by atoms with van der Waals surface area (Å²) in [6.07, 6.45) is 3.18. The number of methoxy groups -OCH3 is 2. The zero-order chi connectivity index (χ0) is 18.5. The largest absolute Gasteiger partial charge is 0.493 e. The Morgan fingerprint density at radius 3 is 2.46 bits per heavy atom. The van der Waals surface area contributed by atoms with Crippen LogP contribution in [0, 0.1) is 5.92 Å². The van der Waals surface area contributed by atoms with E-state index in [9.17, 15) is 5.11 Å². The van der Waals surface area contributed by atoms with E-state index in [0.29, 0.717) is 11.7 Å². The molecule has 26 heavy (non-hydrogen) atoms. The minimum atomic E-state index is -0.0652. The van der Waals surface area contributed by atoms with Gasteiger partial charge in [0.2, 0.25) is 0 Å². The van der Waals surface area contributed by atoms with Gasteiger partial charge in [-0.15, -0.1) is 10.2 Å². The first-order valence-electron chi connectivity index (χ1n) is 9.06. The van der Waals surface area contributed by atoms with Gasteiger partial charge in [0.1, 0.15) is 12.4 Å². The van der Waals surface area contributed by atoms with Crippen LogP contribution in [0.3, 0.4) is 0 Å². The number of aliphatic hydroxyl groups is 1. The molecule has 2 aromatic rings. The van der Waals surface area contributed by atoms with Crippen molar-refractivity contribution in [2.75, 3.05) is 27.3 Å². The van der Waals surface area contributed by atoms with Gasteiger partial charge in [-0.05, 0) is 37.9 Å². The standard InChI is InChI=1S/C19H28N4O3/c1-22-17(20-21-18(22)13-24)11-14-7-9-23(10-8-14)12-15-5-4-6-16(25-2)19(15)26-3/h4-6,14,24H,7-13H2,1-3H3. The Hall–Kier alpha value is -2.12. The van der Waals surface area contributed by atoms with Crippen molar-refractivity contribution in [3.05, 3.63) is 35.4 Å². The highest BCUT2D eigenvalue weighted by Gasteiger charge is 2.23. The lowest BCUT2D eigenvalue weighted by atomic mass is 9.93. The fourth-order valence-corrected chi connectivity index (χ4v) is 3.64. The lowest BCUT2D eigenvalue weighted by Gasteiger charge is -2.32. The molecule has 0 atom stereocenters. The summed E-state index contributed by atoms with van der Waals surface area (Å²) in [5.41, 5.74) is 1.16. The van der Waals surface area contributed by atoms with Crippen LogP contribution in [0.15, 0.2) is 18.2 Å². The summed E-state index contributed by atoms with van der Waals surface area (Å²) < 4.78 is 12.9. The Morgan fingerprint density at radius 2 is 1.85 bits per heavy atom. The minimum Gasteiger partial charge on any atom is -0.493 e. The number of rotatable bonds is 7. The van der Waals surface area contributed by atoms with E-state index < -0.39 is 0 Å². The number of aliphatic hydroxyl groups excluding tert-OH is 1. The number of piperidine rings is 1. The number of likely N-dealkylation sites (tertiary alicyclic amines) is 1. The zero-order valence-electron chi connectivity index (χ0n) is 15.8. The van der Waals surface area contributed by atoms with Gasteiger partial charge in [-0.2, -0.15) is 0 Å². The number of nitrogens with zero attached hydrogens (tertiary/aromatic N) is 4. The SMILES string of the molecule is COc1cccc(CN2CCC(Cc3nnc(CO)n3C)CC2)c1OC. The van der Waals surface area contributed by atoms with Crippen LogP contribution in [0.25, 0.3) is 0 Å². The first kappa shape index (κ1) is 18.7. The molecule has 0 aliphatic carbocycles. The van der Waals surface area contributed by atoms with Gasteiger partial charge in [-0.3, -0.25) is 4.90 Å². The van der Waals surface area contributed by atoms with E-state index in [4.69, 9.17) is 9.47 Å². The third-order valence-corrected chi connectivity index (χ3v) is 5.25. The maximum absolute atomic E-state index is 9.24. The summed E-state index contributed by atoms with van der Waals surface area (Å²) in [7, 11) is 5.28. The average molecular weight is 360 g/mol. The molecule has 0 radical (unpaired) electrons. The van der Waals surface area contributed by atoms with Crippen LogP contribution in [0.1, 0.15) is 30.1 Å². The number of para-hydroxylation sites is 1. The van der Waals surface area contributed by atoms with E-state index in [1.807, 2.05) is 23.7 Å². The van der Waals surface area contributed by atoms with Crippen molar-refractivity contribution in [3.8, 4) is 11.5 Å². The van der Waals surface area contributed by atoms with E-state index in [1.54, 1.807) is 14.2 Å². The summed E-state index contributed by atoms with van der Waals surface area (Å²) >= 11 is 0. The normalized spacial score (nSPS) is 16.0. The molecule has 1 fully saturated rings. The third-order valence-electron chi connectivity index (χ3n) is 5.25. The van der Waals surface area contributed by atoms with Gasteiger partial charge in [-0.25, -0.2) is 0 Å². The van der Waals surface area contributed by atoms with Crippen LogP contribution in [0.4, 0.5) is 0 Å². The molecule has 0 spiro atoms. The monoisotopic (exact) mass is 360 g/mol. The van der Waals surface area contributed by atoms with E-state index in [2.05, 4.69) is 21.2 Å². The van der Waals surface area contributed by atoms with Gasteiger partial charge in [0.15, 0.2) is 17.3 Å². The molecule has 142 valence electrons. The highest BCUT2D eigenvalue weighted by atomic mass is 16.5. The topological polar surface area (TPSA) is 72.6 Å². The van der Waals surface area contributed by atoms with Gasteiger partial charge >= 0.3 is 0 Å². The maximum atomic E-state index is 9.24. The summed E-state index contributed by atoms with van der Waals surface area (Å²) in [5.74, 6) is 3.80. The van der Waals surface area contributed by atoms with Crippen LogP contribution < -0.4 is 9.47 Å². The Labute approximate surface area is 154 Å². The first-order valence-corrected chi connectivity index (χ1v) is 9.06. The smallest absolute Gasteiger partial charge is 0.165 e. The quantitative estimate of drug-likeness (QED) is 0.811. The highest BCUT2D eigenvalue weighted by molar-refractivity contribution is 5.46. The van der Waals surface area contributed by atoms with Crippen molar-refractivity contribution in [1.82, 2.24) is 19.7 Å². The van der Waals surface area contributed by atoms with Gasteiger partial charge in [0.25, 0.3) is 0 Å². The second kappa shape index (κ2) is 8.51. The van der Waals surface area contributed by atoms with E-state index >= 15 is 0 Å². The van der Waals surface area contributed by atoms with Crippen molar-refractivity contribution in [1.29, 1.82) is 0 Å². The third kappa shape index (κ3) is 3.99. The fourth-order valence-electron chi connectivity index (χ4n) is 3.64. The van der Waals surface area contributed by atoms with Crippen molar-refractivity contribution in [2.24, 2.45) is 13.0 Å². The molecule has 1 aliphatic heterocycles. The molecule has 1 aliphatic rings. The second-order valence-corrected chi connectivity index (χ2v) is 6.83. The van der Waals surface area contributed by atoms with Crippen molar-refractivity contribution >= 4 is 0 Å².